The SMILES string of the molecule is CC(C)(C)c1ccc(S(=O)(=O)N[C@H](c2ccccc2)[C@H](N)c2ccccc2)cc1.Cc1c(C)c(C)c(C)c(C)c1C.[Ru]. The van der Waals surface area contributed by atoms with Crippen molar-refractivity contribution in [2.75, 3.05) is 0 Å². The Hall–Kier alpha value is -2.63. The Bertz CT molecular complexity index is 1460. The molecule has 0 unspecified atom stereocenters. The van der Waals surface area contributed by atoms with Crippen LogP contribution >= 0.6 is 0 Å². The molecule has 0 radical (unpaired) electrons. The Morgan fingerprint density at radius 3 is 1.31 bits per heavy atom. The van der Waals surface area contributed by atoms with Crippen LogP contribution in [0.2, 0.25) is 0 Å². The van der Waals surface area contributed by atoms with Gasteiger partial charge in [0.15, 0.2) is 0 Å². The van der Waals surface area contributed by atoms with Gasteiger partial charge in [-0.2, -0.15) is 0 Å². The minimum Gasteiger partial charge on any atom is -0.322 e. The van der Waals surface area contributed by atoms with Gasteiger partial charge in [-0.25, -0.2) is 13.1 Å². The maximum Gasteiger partial charge on any atom is 0.241 e. The molecule has 226 valence electrons. The van der Waals surface area contributed by atoms with E-state index in [-0.39, 0.29) is 29.8 Å². The van der Waals surface area contributed by atoms with Crippen molar-refractivity contribution in [2.24, 2.45) is 5.73 Å². The average Bonchev–Trinajstić information content (AvgIpc) is 2.97. The first kappa shape index (κ1) is 35.6. The summed E-state index contributed by atoms with van der Waals surface area (Å²) < 4.78 is 29.1. The zero-order valence-corrected chi connectivity index (χ0v) is 28.9. The third-order valence-electron chi connectivity index (χ3n) is 8.39. The molecule has 4 aromatic rings. The van der Waals surface area contributed by atoms with E-state index in [0.717, 1.165) is 16.7 Å². The fourth-order valence-corrected chi connectivity index (χ4v) is 6.18. The van der Waals surface area contributed by atoms with Gasteiger partial charge in [-0.15, -0.1) is 0 Å². The van der Waals surface area contributed by atoms with E-state index in [1.807, 2.05) is 72.8 Å². The van der Waals surface area contributed by atoms with Crippen molar-refractivity contribution in [3.63, 3.8) is 0 Å². The summed E-state index contributed by atoms with van der Waals surface area (Å²) in [6.07, 6.45) is 0. The molecule has 0 aromatic heterocycles. The van der Waals surface area contributed by atoms with Crippen molar-refractivity contribution in [1.29, 1.82) is 0 Å². The van der Waals surface area contributed by atoms with Crippen LogP contribution in [-0.4, -0.2) is 8.42 Å². The van der Waals surface area contributed by atoms with Crippen LogP contribution in [0.4, 0.5) is 0 Å². The van der Waals surface area contributed by atoms with E-state index >= 15 is 0 Å². The predicted molar refractivity (Wildman–Crippen MR) is 173 cm³/mol. The van der Waals surface area contributed by atoms with E-state index in [9.17, 15) is 8.42 Å². The van der Waals surface area contributed by atoms with Gasteiger partial charge in [0.2, 0.25) is 10.0 Å². The van der Waals surface area contributed by atoms with E-state index in [1.165, 1.54) is 33.4 Å². The molecule has 0 aliphatic carbocycles. The third-order valence-corrected chi connectivity index (χ3v) is 9.85. The van der Waals surface area contributed by atoms with Crippen LogP contribution in [0.5, 0.6) is 0 Å². The fraction of sp³-hybridized carbons (Fsp3) is 0.333. The van der Waals surface area contributed by atoms with Gasteiger partial charge in [-0.1, -0.05) is 93.6 Å². The largest absolute Gasteiger partial charge is 0.322 e. The van der Waals surface area contributed by atoms with Gasteiger partial charge in [-0.05, 0) is 109 Å². The zero-order valence-electron chi connectivity index (χ0n) is 26.4. The number of rotatable bonds is 6. The Kier molecular flexibility index (Phi) is 12.5. The second kappa shape index (κ2) is 14.7. The van der Waals surface area contributed by atoms with E-state index in [0.29, 0.717) is 0 Å². The number of nitrogens with two attached hydrogens (primary N) is 1. The zero-order chi connectivity index (χ0) is 30.5. The normalized spacial score (nSPS) is 12.9. The first-order valence-corrected chi connectivity index (χ1v) is 15.7. The van der Waals surface area contributed by atoms with E-state index in [4.69, 9.17) is 5.73 Å². The summed E-state index contributed by atoms with van der Waals surface area (Å²) in [7, 11) is -3.75. The molecule has 0 bridgehead atoms. The van der Waals surface area contributed by atoms with Gasteiger partial charge in [-0.3, -0.25) is 0 Å². The van der Waals surface area contributed by atoms with Crippen molar-refractivity contribution >= 4 is 10.0 Å². The number of sulfonamides is 1. The van der Waals surface area contributed by atoms with Crippen LogP contribution in [-0.2, 0) is 34.9 Å². The maximum absolute atomic E-state index is 13.1. The molecule has 0 saturated carbocycles. The van der Waals surface area contributed by atoms with Crippen LogP contribution in [0.1, 0.15) is 82.9 Å². The van der Waals surface area contributed by atoms with Gasteiger partial charge in [0.25, 0.3) is 0 Å². The quantitative estimate of drug-likeness (QED) is 0.203. The molecule has 0 fully saturated rings. The molecule has 4 nitrogen and oxygen atoms in total. The summed E-state index contributed by atoms with van der Waals surface area (Å²) >= 11 is 0. The molecule has 3 N–H and O–H groups in total. The summed E-state index contributed by atoms with van der Waals surface area (Å²) in [5.41, 5.74) is 18.0. The van der Waals surface area contributed by atoms with Crippen molar-refractivity contribution < 1.29 is 27.9 Å². The molecule has 6 heteroatoms. The smallest absolute Gasteiger partial charge is 0.241 e. The first-order valence-electron chi connectivity index (χ1n) is 14.2. The Morgan fingerprint density at radius 2 is 0.952 bits per heavy atom. The van der Waals surface area contributed by atoms with E-state index < -0.39 is 22.1 Å². The molecule has 2 atom stereocenters. The molecule has 4 aromatic carbocycles. The predicted octanol–water partition coefficient (Wildman–Crippen LogP) is 8.24. The molecule has 0 amide bonds. The van der Waals surface area contributed by atoms with Gasteiger partial charge < -0.3 is 5.73 Å². The molecule has 42 heavy (non-hydrogen) atoms. The van der Waals surface area contributed by atoms with E-state index in [2.05, 4.69) is 67.0 Å². The van der Waals surface area contributed by atoms with Crippen LogP contribution in [0.15, 0.2) is 89.8 Å². The van der Waals surface area contributed by atoms with Crippen LogP contribution in [0, 0.1) is 41.5 Å². The Morgan fingerprint density at radius 1 is 0.595 bits per heavy atom. The van der Waals surface area contributed by atoms with Gasteiger partial charge in [0.05, 0.1) is 17.0 Å². The van der Waals surface area contributed by atoms with Gasteiger partial charge in [0, 0.05) is 19.5 Å². The minimum absolute atomic E-state index is 0. The van der Waals surface area contributed by atoms with Gasteiger partial charge in [0.1, 0.15) is 0 Å². The second-order valence-corrected chi connectivity index (χ2v) is 13.7. The second-order valence-electron chi connectivity index (χ2n) is 12.0. The molecule has 4 rings (SSSR count). The first-order chi connectivity index (χ1) is 19.1. The van der Waals surface area contributed by atoms with Crippen LogP contribution in [0.25, 0.3) is 0 Å². The molecule has 0 heterocycles. The topological polar surface area (TPSA) is 72.2 Å². The number of hydrogen-bond donors (Lipinski definition) is 2. The Labute approximate surface area is 267 Å². The van der Waals surface area contributed by atoms with Crippen LogP contribution < -0.4 is 10.5 Å². The minimum atomic E-state index is -3.75. The number of benzene rings is 4. The fourth-order valence-electron chi connectivity index (χ4n) is 4.93. The monoisotopic (exact) mass is 672 g/mol. The standard InChI is InChI=1S/C24H28N2O2S.C12H18.Ru/c1-24(2,3)20-14-16-21(17-15-20)29(27,28)26-23(19-12-8-5-9-13-19)22(25)18-10-6-4-7-11-18;1-7-8(2)10(4)12(6)11(5)9(7)3;/h4-17,22-23,26H,25H2,1-3H3;1-6H3;/t22-,23-;;/m1../s1. The van der Waals surface area contributed by atoms with Crippen molar-refractivity contribution in [1.82, 2.24) is 4.72 Å². The molecule has 0 spiro atoms. The van der Waals surface area contributed by atoms with Crippen molar-refractivity contribution in [3.05, 3.63) is 135 Å². The van der Waals surface area contributed by atoms with E-state index in [1.54, 1.807) is 12.1 Å². The van der Waals surface area contributed by atoms with Crippen molar-refractivity contribution in [2.45, 2.75) is 84.7 Å². The number of nitrogens with one attached hydrogen (secondary N) is 1. The molecule has 0 aliphatic rings. The number of hydrogen-bond acceptors (Lipinski definition) is 3. The van der Waals surface area contributed by atoms with Crippen molar-refractivity contribution in [3.8, 4) is 0 Å². The summed E-state index contributed by atoms with van der Waals surface area (Å²) in [6.45, 7) is 19.6. The van der Waals surface area contributed by atoms with Gasteiger partial charge >= 0.3 is 0 Å². The van der Waals surface area contributed by atoms with Crippen LogP contribution in [0.3, 0.4) is 0 Å². The molecular weight excluding hydrogens is 626 g/mol. The summed E-state index contributed by atoms with van der Waals surface area (Å²) in [6, 6.07) is 24.9. The average molecular weight is 672 g/mol. The Balaban J connectivity index is 0.000000399. The molecule has 0 aliphatic heterocycles. The summed E-state index contributed by atoms with van der Waals surface area (Å²) in [4.78, 5) is 0.228. The summed E-state index contributed by atoms with van der Waals surface area (Å²) in [5, 5.41) is 0. The third kappa shape index (κ3) is 8.48. The molecule has 0 saturated heterocycles. The maximum atomic E-state index is 13.1. The summed E-state index contributed by atoms with van der Waals surface area (Å²) in [5.74, 6) is 0. The molecular formula is C36H46N2O2RuS.